The number of anilines is 2. The van der Waals surface area contributed by atoms with E-state index in [1.54, 1.807) is 0 Å². The van der Waals surface area contributed by atoms with Crippen molar-refractivity contribution in [2.45, 2.75) is 6.04 Å². The first-order valence-corrected chi connectivity index (χ1v) is 5.11. The molecule has 1 aromatic carbocycles. The molecule has 17 heavy (non-hydrogen) atoms. The lowest BCUT2D eigenvalue weighted by Gasteiger charge is -2.18. The predicted molar refractivity (Wildman–Crippen MR) is 63.7 cm³/mol. The van der Waals surface area contributed by atoms with Gasteiger partial charge < -0.3 is 25.6 Å². The van der Waals surface area contributed by atoms with E-state index in [9.17, 15) is 4.39 Å². The van der Waals surface area contributed by atoms with Gasteiger partial charge in [0.05, 0.1) is 37.7 Å². The molecule has 1 unspecified atom stereocenters. The van der Waals surface area contributed by atoms with Crippen LogP contribution in [-0.4, -0.2) is 38.6 Å². The summed E-state index contributed by atoms with van der Waals surface area (Å²) >= 11 is 0. The summed E-state index contributed by atoms with van der Waals surface area (Å²) < 4.78 is 23.1. The molecule has 0 amide bonds. The van der Waals surface area contributed by atoms with Crippen LogP contribution in [0.25, 0.3) is 0 Å². The Morgan fingerprint density at radius 1 is 1.47 bits per heavy atom. The minimum absolute atomic E-state index is 0.0933. The Labute approximate surface area is 99.3 Å². The molecule has 0 aliphatic carbocycles. The number of ether oxygens (including phenoxy) is 2. The van der Waals surface area contributed by atoms with Gasteiger partial charge in [-0.05, 0) is 0 Å². The average Bonchev–Trinajstić information content (AvgIpc) is 2.31. The Morgan fingerprint density at radius 3 is 2.71 bits per heavy atom. The lowest BCUT2D eigenvalue weighted by Crippen LogP contribution is -2.29. The van der Waals surface area contributed by atoms with Crippen molar-refractivity contribution in [2.24, 2.45) is 0 Å². The smallest absolute Gasteiger partial charge is 0.167 e. The van der Waals surface area contributed by atoms with Crippen LogP contribution in [0.5, 0.6) is 5.75 Å². The van der Waals surface area contributed by atoms with E-state index in [2.05, 4.69) is 5.32 Å². The molecule has 0 heterocycles. The summed E-state index contributed by atoms with van der Waals surface area (Å²) in [5.41, 5.74) is 6.41. The van der Waals surface area contributed by atoms with Gasteiger partial charge in [0, 0.05) is 19.2 Å². The van der Waals surface area contributed by atoms with Gasteiger partial charge in [-0.1, -0.05) is 0 Å². The quantitative estimate of drug-likeness (QED) is 0.646. The average molecular weight is 244 g/mol. The fourth-order valence-corrected chi connectivity index (χ4v) is 1.41. The number of nitrogens with two attached hydrogens (primary N) is 1. The Morgan fingerprint density at radius 2 is 2.18 bits per heavy atom. The summed E-state index contributed by atoms with van der Waals surface area (Å²) in [5, 5.41) is 12.1. The topological polar surface area (TPSA) is 76.7 Å². The van der Waals surface area contributed by atoms with Crippen molar-refractivity contribution in [1.82, 2.24) is 0 Å². The van der Waals surface area contributed by atoms with E-state index in [1.165, 1.54) is 26.4 Å². The molecular formula is C11H17FN2O3. The molecule has 0 aromatic heterocycles. The largest absolute Gasteiger partial charge is 0.494 e. The van der Waals surface area contributed by atoms with Gasteiger partial charge in [-0.2, -0.15) is 0 Å². The maximum absolute atomic E-state index is 13.3. The van der Waals surface area contributed by atoms with Crippen molar-refractivity contribution in [2.75, 3.05) is 38.5 Å². The molecule has 96 valence electrons. The van der Waals surface area contributed by atoms with Gasteiger partial charge in [-0.15, -0.1) is 0 Å². The van der Waals surface area contributed by atoms with E-state index in [0.29, 0.717) is 12.3 Å². The summed E-state index contributed by atoms with van der Waals surface area (Å²) in [5.74, 6) is -0.432. The minimum atomic E-state index is -0.525. The van der Waals surface area contributed by atoms with Crippen LogP contribution in [-0.2, 0) is 4.74 Å². The van der Waals surface area contributed by atoms with Gasteiger partial charge in [0.15, 0.2) is 11.6 Å². The first-order chi connectivity index (χ1) is 8.12. The molecule has 0 saturated heterocycles. The number of aliphatic hydroxyl groups is 1. The van der Waals surface area contributed by atoms with Crippen LogP contribution in [0.1, 0.15) is 0 Å². The summed E-state index contributed by atoms with van der Waals surface area (Å²) in [6.07, 6.45) is 0. The van der Waals surface area contributed by atoms with Crippen LogP contribution >= 0.6 is 0 Å². The number of hydrogen-bond donors (Lipinski definition) is 3. The number of benzene rings is 1. The lowest BCUT2D eigenvalue weighted by atomic mass is 10.2. The SMILES string of the molecule is COCC(CO)Nc1cc(OC)c(F)cc1N. The Bertz CT molecular complexity index is 374. The van der Waals surface area contributed by atoms with Crippen molar-refractivity contribution >= 4 is 11.4 Å². The van der Waals surface area contributed by atoms with Gasteiger partial charge in [-0.3, -0.25) is 0 Å². The summed E-state index contributed by atoms with van der Waals surface area (Å²) in [4.78, 5) is 0. The van der Waals surface area contributed by atoms with Crippen LogP contribution in [0.15, 0.2) is 12.1 Å². The van der Waals surface area contributed by atoms with Crippen LogP contribution in [0, 0.1) is 5.82 Å². The molecule has 0 bridgehead atoms. The number of rotatable bonds is 6. The highest BCUT2D eigenvalue weighted by Crippen LogP contribution is 2.28. The van der Waals surface area contributed by atoms with Crippen LogP contribution in [0.3, 0.4) is 0 Å². The van der Waals surface area contributed by atoms with E-state index in [0.717, 1.165) is 0 Å². The molecule has 6 heteroatoms. The lowest BCUT2D eigenvalue weighted by molar-refractivity contribution is 0.153. The van der Waals surface area contributed by atoms with E-state index in [-0.39, 0.29) is 24.1 Å². The zero-order valence-electron chi connectivity index (χ0n) is 9.87. The number of nitrogens with one attached hydrogen (secondary N) is 1. The van der Waals surface area contributed by atoms with Crippen molar-refractivity contribution in [3.05, 3.63) is 17.9 Å². The highest BCUT2D eigenvalue weighted by atomic mass is 19.1. The fourth-order valence-electron chi connectivity index (χ4n) is 1.41. The summed E-state index contributed by atoms with van der Waals surface area (Å²) in [6, 6.07) is 2.31. The Kier molecular flexibility index (Phi) is 4.99. The standard InChI is InChI=1S/C11H17FN2O3/c1-16-6-7(5-15)14-10-4-11(17-2)8(12)3-9(10)13/h3-4,7,14-15H,5-6,13H2,1-2H3. The summed E-state index contributed by atoms with van der Waals surface area (Å²) in [6.45, 7) is 0.197. The van der Waals surface area contributed by atoms with Crippen LogP contribution in [0.4, 0.5) is 15.8 Å². The maximum Gasteiger partial charge on any atom is 0.167 e. The molecule has 0 spiro atoms. The number of methoxy groups -OCH3 is 2. The van der Waals surface area contributed by atoms with Gasteiger partial charge in [0.1, 0.15) is 0 Å². The maximum atomic E-state index is 13.3. The number of halogens is 1. The van der Waals surface area contributed by atoms with E-state index < -0.39 is 5.82 Å². The number of hydrogen-bond acceptors (Lipinski definition) is 5. The van der Waals surface area contributed by atoms with Gasteiger partial charge in [0.2, 0.25) is 0 Å². The highest BCUT2D eigenvalue weighted by Gasteiger charge is 2.12. The third kappa shape index (κ3) is 3.47. The normalized spacial score (nSPS) is 12.2. The second-order valence-corrected chi connectivity index (χ2v) is 3.55. The van der Waals surface area contributed by atoms with Crippen molar-refractivity contribution in [1.29, 1.82) is 0 Å². The third-order valence-corrected chi connectivity index (χ3v) is 2.27. The molecule has 0 aliphatic heterocycles. The fraction of sp³-hybridized carbons (Fsp3) is 0.455. The second-order valence-electron chi connectivity index (χ2n) is 3.55. The highest BCUT2D eigenvalue weighted by molar-refractivity contribution is 5.69. The monoisotopic (exact) mass is 244 g/mol. The number of nitrogen functional groups attached to an aromatic ring is 1. The molecule has 1 rings (SSSR count). The predicted octanol–water partition coefficient (Wildman–Crippen LogP) is 0.836. The van der Waals surface area contributed by atoms with Crippen molar-refractivity contribution in [3.63, 3.8) is 0 Å². The second kappa shape index (κ2) is 6.27. The number of aliphatic hydroxyl groups excluding tert-OH is 1. The molecule has 0 fully saturated rings. The van der Waals surface area contributed by atoms with Crippen molar-refractivity contribution in [3.8, 4) is 5.75 Å². The summed E-state index contributed by atoms with van der Waals surface area (Å²) in [7, 11) is 2.90. The molecule has 1 aromatic rings. The molecule has 1 atom stereocenters. The van der Waals surface area contributed by atoms with Crippen LogP contribution < -0.4 is 15.8 Å². The van der Waals surface area contributed by atoms with Gasteiger partial charge >= 0.3 is 0 Å². The molecule has 0 aliphatic rings. The van der Waals surface area contributed by atoms with E-state index >= 15 is 0 Å². The molecular weight excluding hydrogens is 227 g/mol. The van der Waals surface area contributed by atoms with Crippen molar-refractivity contribution < 1.29 is 19.0 Å². The van der Waals surface area contributed by atoms with E-state index in [4.69, 9.17) is 20.3 Å². The molecule has 5 nitrogen and oxygen atoms in total. The first kappa shape index (κ1) is 13.5. The van der Waals surface area contributed by atoms with Gasteiger partial charge in [-0.25, -0.2) is 4.39 Å². The zero-order chi connectivity index (χ0) is 12.8. The minimum Gasteiger partial charge on any atom is -0.494 e. The third-order valence-electron chi connectivity index (χ3n) is 2.27. The zero-order valence-corrected chi connectivity index (χ0v) is 9.87. The van der Waals surface area contributed by atoms with E-state index in [1.807, 2.05) is 0 Å². The Balaban J connectivity index is 2.89. The Hall–Kier alpha value is -1.53. The molecule has 0 radical (unpaired) electrons. The van der Waals surface area contributed by atoms with Crippen LogP contribution in [0.2, 0.25) is 0 Å². The van der Waals surface area contributed by atoms with Gasteiger partial charge in [0.25, 0.3) is 0 Å². The molecule has 0 saturated carbocycles. The molecule has 4 N–H and O–H groups in total. The first-order valence-electron chi connectivity index (χ1n) is 5.11.